The van der Waals surface area contributed by atoms with E-state index >= 15 is 0 Å². The number of nitrogens with two attached hydrogens (primary N) is 1. The van der Waals surface area contributed by atoms with Crippen LogP contribution in [0.5, 0.6) is 0 Å². The van der Waals surface area contributed by atoms with E-state index in [0.717, 1.165) is 38.5 Å². The number of carbonyl (C=O) groups excluding carboxylic acids is 1. The van der Waals surface area contributed by atoms with Gasteiger partial charge in [0.1, 0.15) is 0 Å². The molecular formula is C11H22N2O. The molecule has 0 aromatic heterocycles. The Morgan fingerprint density at radius 2 is 2.07 bits per heavy atom. The number of amides is 1. The molecule has 1 unspecified atom stereocenters. The average molecular weight is 198 g/mol. The van der Waals surface area contributed by atoms with Gasteiger partial charge in [0.05, 0.1) is 5.54 Å². The van der Waals surface area contributed by atoms with Crippen molar-refractivity contribution in [3.8, 4) is 0 Å². The summed E-state index contributed by atoms with van der Waals surface area (Å²) in [7, 11) is 0. The lowest BCUT2D eigenvalue weighted by molar-refractivity contribution is -0.126. The van der Waals surface area contributed by atoms with Gasteiger partial charge in [0.15, 0.2) is 0 Å². The summed E-state index contributed by atoms with van der Waals surface area (Å²) in [5, 5.41) is 3.00. The Kier molecular flexibility index (Phi) is 3.93. The van der Waals surface area contributed by atoms with Gasteiger partial charge in [-0.2, -0.15) is 0 Å². The molecule has 0 spiro atoms. The SMILES string of the molecule is CCCC(C)NC(=O)C1(N)CCCC1. The smallest absolute Gasteiger partial charge is 0.240 e. The van der Waals surface area contributed by atoms with E-state index < -0.39 is 5.54 Å². The second-order valence-electron chi connectivity index (χ2n) is 4.53. The van der Waals surface area contributed by atoms with Gasteiger partial charge in [-0.1, -0.05) is 26.2 Å². The maximum atomic E-state index is 11.8. The van der Waals surface area contributed by atoms with Crippen LogP contribution in [0.1, 0.15) is 52.4 Å². The molecule has 0 bridgehead atoms. The van der Waals surface area contributed by atoms with Crippen LogP contribution in [0.25, 0.3) is 0 Å². The van der Waals surface area contributed by atoms with E-state index in [1.54, 1.807) is 0 Å². The summed E-state index contributed by atoms with van der Waals surface area (Å²) in [6.07, 6.45) is 5.99. The molecule has 3 N–H and O–H groups in total. The first kappa shape index (κ1) is 11.5. The van der Waals surface area contributed by atoms with E-state index in [1.807, 2.05) is 6.92 Å². The summed E-state index contributed by atoms with van der Waals surface area (Å²) >= 11 is 0. The molecule has 1 aliphatic rings. The molecule has 1 aliphatic carbocycles. The summed E-state index contributed by atoms with van der Waals surface area (Å²) in [5.74, 6) is 0.0518. The number of hydrogen-bond acceptors (Lipinski definition) is 2. The second-order valence-corrected chi connectivity index (χ2v) is 4.53. The molecule has 1 amide bonds. The van der Waals surface area contributed by atoms with Gasteiger partial charge in [0, 0.05) is 6.04 Å². The van der Waals surface area contributed by atoms with E-state index in [0.29, 0.717) is 0 Å². The van der Waals surface area contributed by atoms with Gasteiger partial charge < -0.3 is 11.1 Å². The minimum Gasteiger partial charge on any atom is -0.352 e. The Bertz CT molecular complexity index is 197. The highest BCUT2D eigenvalue weighted by atomic mass is 16.2. The molecule has 14 heavy (non-hydrogen) atoms. The number of carbonyl (C=O) groups is 1. The van der Waals surface area contributed by atoms with Crippen molar-refractivity contribution in [2.45, 2.75) is 64.0 Å². The molecule has 0 heterocycles. The zero-order chi connectivity index (χ0) is 10.6. The van der Waals surface area contributed by atoms with E-state index in [-0.39, 0.29) is 11.9 Å². The maximum Gasteiger partial charge on any atom is 0.240 e. The number of hydrogen-bond donors (Lipinski definition) is 2. The minimum absolute atomic E-state index is 0.0518. The first-order valence-corrected chi connectivity index (χ1v) is 5.68. The molecule has 1 rings (SSSR count). The Morgan fingerprint density at radius 3 is 2.57 bits per heavy atom. The van der Waals surface area contributed by atoms with Crippen LogP contribution in [-0.2, 0) is 4.79 Å². The van der Waals surface area contributed by atoms with Crippen molar-refractivity contribution >= 4 is 5.91 Å². The lowest BCUT2D eigenvalue weighted by atomic mass is 9.97. The van der Waals surface area contributed by atoms with Crippen molar-refractivity contribution < 1.29 is 4.79 Å². The van der Waals surface area contributed by atoms with Crippen molar-refractivity contribution in [1.82, 2.24) is 5.32 Å². The van der Waals surface area contributed by atoms with E-state index in [1.165, 1.54) is 0 Å². The highest BCUT2D eigenvalue weighted by Gasteiger charge is 2.37. The number of nitrogens with one attached hydrogen (secondary N) is 1. The van der Waals surface area contributed by atoms with Gasteiger partial charge in [-0.25, -0.2) is 0 Å². The Balaban J connectivity index is 2.40. The summed E-state index contributed by atoms with van der Waals surface area (Å²) in [5.41, 5.74) is 5.47. The lowest BCUT2D eigenvalue weighted by Crippen LogP contribution is -2.53. The van der Waals surface area contributed by atoms with Crippen molar-refractivity contribution in [2.24, 2.45) is 5.73 Å². The molecule has 82 valence electrons. The Morgan fingerprint density at radius 1 is 1.50 bits per heavy atom. The Labute approximate surface area is 86.4 Å². The molecule has 1 saturated carbocycles. The quantitative estimate of drug-likeness (QED) is 0.720. The van der Waals surface area contributed by atoms with Crippen LogP contribution in [-0.4, -0.2) is 17.5 Å². The standard InChI is InChI=1S/C11H22N2O/c1-3-6-9(2)13-10(14)11(12)7-4-5-8-11/h9H,3-8,12H2,1-2H3,(H,13,14). The zero-order valence-electron chi connectivity index (χ0n) is 9.31. The van der Waals surface area contributed by atoms with E-state index in [2.05, 4.69) is 12.2 Å². The molecule has 3 heteroatoms. The highest BCUT2D eigenvalue weighted by molar-refractivity contribution is 5.86. The van der Waals surface area contributed by atoms with Gasteiger partial charge >= 0.3 is 0 Å². The van der Waals surface area contributed by atoms with Crippen LogP contribution in [0.3, 0.4) is 0 Å². The number of rotatable bonds is 4. The van der Waals surface area contributed by atoms with E-state index in [4.69, 9.17) is 5.73 Å². The normalized spacial score (nSPS) is 21.9. The summed E-state index contributed by atoms with van der Waals surface area (Å²) in [6, 6.07) is 0.258. The maximum absolute atomic E-state index is 11.8. The minimum atomic E-state index is -0.567. The summed E-state index contributed by atoms with van der Waals surface area (Å²) in [6.45, 7) is 4.16. The molecule has 0 saturated heterocycles. The molecule has 1 atom stereocenters. The summed E-state index contributed by atoms with van der Waals surface area (Å²) in [4.78, 5) is 11.8. The van der Waals surface area contributed by atoms with Crippen LogP contribution in [0.15, 0.2) is 0 Å². The monoisotopic (exact) mass is 198 g/mol. The van der Waals surface area contributed by atoms with Crippen LogP contribution >= 0.6 is 0 Å². The molecular weight excluding hydrogens is 176 g/mol. The predicted octanol–water partition coefficient (Wildman–Crippen LogP) is 1.56. The van der Waals surface area contributed by atoms with Crippen molar-refractivity contribution in [3.05, 3.63) is 0 Å². The zero-order valence-corrected chi connectivity index (χ0v) is 9.31. The van der Waals surface area contributed by atoms with Crippen LogP contribution < -0.4 is 11.1 Å². The molecule has 0 radical (unpaired) electrons. The third kappa shape index (κ3) is 2.71. The molecule has 1 fully saturated rings. The molecule has 3 nitrogen and oxygen atoms in total. The molecule has 0 aromatic rings. The lowest BCUT2D eigenvalue weighted by Gasteiger charge is -2.24. The van der Waals surface area contributed by atoms with Gasteiger partial charge in [0.25, 0.3) is 0 Å². The van der Waals surface area contributed by atoms with Crippen LogP contribution in [0.4, 0.5) is 0 Å². The fraction of sp³-hybridized carbons (Fsp3) is 0.909. The Hall–Kier alpha value is -0.570. The average Bonchev–Trinajstić information content (AvgIpc) is 2.54. The van der Waals surface area contributed by atoms with Gasteiger partial charge in [-0.15, -0.1) is 0 Å². The third-order valence-electron chi connectivity index (χ3n) is 3.05. The van der Waals surface area contributed by atoms with Crippen LogP contribution in [0, 0.1) is 0 Å². The molecule has 0 aromatic carbocycles. The van der Waals surface area contributed by atoms with Gasteiger partial charge in [-0.3, -0.25) is 4.79 Å². The van der Waals surface area contributed by atoms with Gasteiger partial charge in [-0.05, 0) is 26.2 Å². The highest BCUT2D eigenvalue weighted by Crippen LogP contribution is 2.27. The first-order valence-electron chi connectivity index (χ1n) is 5.68. The fourth-order valence-corrected chi connectivity index (χ4v) is 2.11. The van der Waals surface area contributed by atoms with E-state index in [9.17, 15) is 4.79 Å². The van der Waals surface area contributed by atoms with Crippen molar-refractivity contribution in [1.29, 1.82) is 0 Å². The predicted molar refractivity (Wildman–Crippen MR) is 57.9 cm³/mol. The largest absolute Gasteiger partial charge is 0.352 e. The molecule has 0 aliphatic heterocycles. The fourth-order valence-electron chi connectivity index (χ4n) is 2.11. The van der Waals surface area contributed by atoms with Crippen molar-refractivity contribution in [2.75, 3.05) is 0 Å². The van der Waals surface area contributed by atoms with Crippen LogP contribution in [0.2, 0.25) is 0 Å². The van der Waals surface area contributed by atoms with Gasteiger partial charge in [0.2, 0.25) is 5.91 Å². The first-order chi connectivity index (χ1) is 6.58. The van der Waals surface area contributed by atoms with Crippen molar-refractivity contribution in [3.63, 3.8) is 0 Å². The topological polar surface area (TPSA) is 55.1 Å². The second kappa shape index (κ2) is 4.78. The summed E-state index contributed by atoms with van der Waals surface area (Å²) < 4.78 is 0. The third-order valence-corrected chi connectivity index (χ3v) is 3.05.